The van der Waals surface area contributed by atoms with Crippen molar-refractivity contribution in [1.82, 2.24) is 15.6 Å². The normalized spacial score (nSPS) is 17.4. The van der Waals surface area contributed by atoms with E-state index in [4.69, 9.17) is 0 Å². The summed E-state index contributed by atoms with van der Waals surface area (Å²) < 4.78 is 27.5. The van der Waals surface area contributed by atoms with Crippen LogP contribution in [0, 0.1) is 11.6 Å². The first kappa shape index (κ1) is 18.1. The first-order valence-corrected chi connectivity index (χ1v) is 8.73. The highest BCUT2D eigenvalue weighted by atomic mass is 19.1. The summed E-state index contributed by atoms with van der Waals surface area (Å²) in [6, 6.07) is 9.92. The molecule has 1 aromatic carbocycles. The Morgan fingerprint density at radius 1 is 1.23 bits per heavy atom. The molecule has 0 radical (unpaired) electrons. The van der Waals surface area contributed by atoms with Gasteiger partial charge in [-0.3, -0.25) is 4.99 Å². The van der Waals surface area contributed by atoms with Crippen LogP contribution in [0.25, 0.3) is 0 Å². The van der Waals surface area contributed by atoms with Crippen LogP contribution in [-0.4, -0.2) is 43.7 Å². The van der Waals surface area contributed by atoms with E-state index in [9.17, 15) is 8.78 Å². The van der Waals surface area contributed by atoms with Crippen LogP contribution in [0.15, 0.2) is 47.6 Å². The molecule has 2 heterocycles. The average Bonchev–Trinajstić information content (AvgIpc) is 3.11. The number of hydrogen-bond donors (Lipinski definition) is 2. The topological polar surface area (TPSA) is 52.6 Å². The van der Waals surface area contributed by atoms with E-state index in [0.29, 0.717) is 36.9 Å². The summed E-state index contributed by atoms with van der Waals surface area (Å²) in [5.41, 5.74) is 0.674. The molecule has 2 N–H and O–H groups in total. The summed E-state index contributed by atoms with van der Waals surface area (Å²) in [7, 11) is 1.70. The number of anilines is 1. The van der Waals surface area contributed by atoms with E-state index >= 15 is 0 Å². The fourth-order valence-corrected chi connectivity index (χ4v) is 3.09. The molecule has 1 aromatic heterocycles. The number of aliphatic imine (C=N–C) groups is 1. The van der Waals surface area contributed by atoms with Gasteiger partial charge in [-0.05, 0) is 36.6 Å². The summed E-state index contributed by atoms with van der Waals surface area (Å²) in [5, 5.41) is 6.54. The van der Waals surface area contributed by atoms with Crippen molar-refractivity contribution >= 4 is 11.8 Å². The second kappa shape index (κ2) is 8.60. The van der Waals surface area contributed by atoms with Crippen molar-refractivity contribution in [3.05, 3.63) is 59.8 Å². The minimum Gasteiger partial charge on any atom is -0.356 e. The lowest BCUT2D eigenvalue weighted by Gasteiger charge is -2.20. The Morgan fingerprint density at radius 2 is 2.04 bits per heavy atom. The number of hydrogen-bond acceptors (Lipinski definition) is 3. The molecule has 5 nitrogen and oxygen atoms in total. The summed E-state index contributed by atoms with van der Waals surface area (Å²) in [4.78, 5) is 10.3. The Bertz CT molecular complexity index is 765. The summed E-state index contributed by atoms with van der Waals surface area (Å²) in [6.07, 6.45) is 3.04. The van der Waals surface area contributed by atoms with E-state index in [0.717, 1.165) is 13.0 Å². The number of nitrogens with one attached hydrogen (secondary N) is 2. The van der Waals surface area contributed by atoms with E-state index in [1.165, 1.54) is 12.1 Å². The van der Waals surface area contributed by atoms with Gasteiger partial charge in [0.15, 0.2) is 17.6 Å². The number of guanidine groups is 1. The van der Waals surface area contributed by atoms with Gasteiger partial charge in [0.05, 0.1) is 0 Å². The Balaban J connectivity index is 1.48. The number of halogens is 2. The molecule has 1 aliphatic heterocycles. The van der Waals surface area contributed by atoms with Gasteiger partial charge < -0.3 is 15.5 Å². The third-order valence-corrected chi connectivity index (χ3v) is 4.44. The predicted octanol–water partition coefficient (Wildman–Crippen LogP) is 2.35. The predicted molar refractivity (Wildman–Crippen MR) is 99.4 cm³/mol. The Morgan fingerprint density at radius 3 is 2.81 bits per heavy atom. The lowest BCUT2D eigenvalue weighted by Crippen LogP contribution is -2.45. The van der Waals surface area contributed by atoms with Crippen molar-refractivity contribution in [3.63, 3.8) is 0 Å². The number of pyridine rings is 1. The van der Waals surface area contributed by atoms with Crippen LogP contribution in [0.4, 0.5) is 14.6 Å². The van der Waals surface area contributed by atoms with Gasteiger partial charge in [-0.25, -0.2) is 13.8 Å². The van der Waals surface area contributed by atoms with E-state index in [2.05, 4.69) is 20.6 Å². The van der Waals surface area contributed by atoms with Crippen LogP contribution in [0.3, 0.4) is 0 Å². The zero-order valence-electron chi connectivity index (χ0n) is 14.8. The second-order valence-electron chi connectivity index (χ2n) is 6.23. The van der Waals surface area contributed by atoms with Crippen LogP contribution in [-0.2, 0) is 6.42 Å². The summed E-state index contributed by atoms with van der Waals surface area (Å²) in [6.45, 7) is 1.96. The molecule has 1 aliphatic rings. The third kappa shape index (κ3) is 4.47. The van der Waals surface area contributed by atoms with Gasteiger partial charge in [0, 0.05) is 38.9 Å². The van der Waals surface area contributed by atoms with Crippen LogP contribution in [0.5, 0.6) is 0 Å². The molecule has 7 heteroatoms. The smallest absolute Gasteiger partial charge is 0.191 e. The molecule has 0 saturated carbocycles. The summed E-state index contributed by atoms with van der Waals surface area (Å²) in [5.74, 6) is 0.551. The number of aromatic nitrogens is 1. The zero-order chi connectivity index (χ0) is 18.4. The molecule has 1 fully saturated rings. The highest BCUT2D eigenvalue weighted by Crippen LogP contribution is 2.20. The van der Waals surface area contributed by atoms with Gasteiger partial charge in [0.25, 0.3) is 0 Å². The van der Waals surface area contributed by atoms with Gasteiger partial charge in [-0.2, -0.15) is 0 Å². The molecule has 138 valence electrons. The van der Waals surface area contributed by atoms with E-state index < -0.39 is 0 Å². The first-order chi connectivity index (χ1) is 12.7. The van der Waals surface area contributed by atoms with Crippen LogP contribution in [0.2, 0.25) is 0 Å². The molecule has 0 amide bonds. The molecule has 0 aliphatic carbocycles. The first-order valence-electron chi connectivity index (χ1n) is 8.73. The van der Waals surface area contributed by atoms with Crippen molar-refractivity contribution in [2.45, 2.75) is 18.9 Å². The van der Waals surface area contributed by atoms with Crippen LogP contribution >= 0.6 is 0 Å². The standard InChI is InChI=1S/C19H23F2N5/c1-22-19(24-11-8-14-5-2-3-6-16(14)20)25-15-9-12-26(13-15)18-17(21)7-4-10-23-18/h2-7,10,15H,8-9,11-13H2,1H3,(H2,22,24,25). The van der Waals surface area contributed by atoms with Crippen molar-refractivity contribution in [2.24, 2.45) is 4.99 Å². The zero-order valence-corrected chi connectivity index (χ0v) is 14.8. The van der Waals surface area contributed by atoms with Crippen molar-refractivity contribution < 1.29 is 8.78 Å². The minimum absolute atomic E-state index is 0.149. The molecular formula is C19H23F2N5. The number of rotatable bonds is 5. The fraction of sp³-hybridized carbons (Fsp3) is 0.368. The SMILES string of the molecule is CN=C(NCCc1ccccc1F)NC1CCN(c2ncccc2F)C1. The molecule has 26 heavy (non-hydrogen) atoms. The third-order valence-electron chi connectivity index (χ3n) is 4.44. The van der Waals surface area contributed by atoms with Crippen molar-refractivity contribution in [1.29, 1.82) is 0 Å². The Kier molecular flexibility index (Phi) is 5.99. The lowest BCUT2D eigenvalue weighted by molar-refractivity contribution is 0.603. The van der Waals surface area contributed by atoms with E-state index in [1.54, 1.807) is 31.4 Å². The van der Waals surface area contributed by atoms with Crippen LogP contribution < -0.4 is 15.5 Å². The maximum Gasteiger partial charge on any atom is 0.191 e. The highest BCUT2D eigenvalue weighted by molar-refractivity contribution is 5.80. The molecule has 2 aromatic rings. The van der Waals surface area contributed by atoms with E-state index in [-0.39, 0.29) is 17.7 Å². The highest BCUT2D eigenvalue weighted by Gasteiger charge is 2.25. The molecule has 3 rings (SSSR count). The molecule has 0 spiro atoms. The fourth-order valence-electron chi connectivity index (χ4n) is 3.09. The van der Waals surface area contributed by atoms with Gasteiger partial charge >= 0.3 is 0 Å². The van der Waals surface area contributed by atoms with Crippen LogP contribution in [0.1, 0.15) is 12.0 Å². The molecule has 1 unspecified atom stereocenters. The van der Waals surface area contributed by atoms with Gasteiger partial charge in [0.1, 0.15) is 5.82 Å². The van der Waals surface area contributed by atoms with Gasteiger partial charge in [0.2, 0.25) is 0 Å². The molecular weight excluding hydrogens is 336 g/mol. The number of benzene rings is 1. The van der Waals surface area contributed by atoms with Crippen molar-refractivity contribution in [2.75, 3.05) is 31.6 Å². The minimum atomic E-state index is -0.305. The average molecular weight is 359 g/mol. The van der Waals surface area contributed by atoms with Gasteiger partial charge in [-0.15, -0.1) is 0 Å². The quantitative estimate of drug-likeness (QED) is 0.636. The largest absolute Gasteiger partial charge is 0.356 e. The Labute approximate surface area is 152 Å². The maximum absolute atomic E-state index is 13.9. The van der Waals surface area contributed by atoms with Gasteiger partial charge in [-0.1, -0.05) is 18.2 Å². The van der Waals surface area contributed by atoms with E-state index in [1.807, 2.05) is 11.0 Å². The second-order valence-corrected chi connectivity index (χ2v) is 6.23. The monoisotopic (exact) mass is 359 g/mol. The Hall–Kier alpha value is -2.70. The summed E-state index contributed by atoms with van der Waals surface area (Å²) >= 11 is 0. The molecule has 1 atom stereocenters. The number of nitrogens with zero attached hydrogens (tertiary/aromatic N) is 3. The molecule has 0 bridgehead atoms. The lowest BCUT2D eigenvalue weighted by atomic mass is 10.1. The molecule has 1 saturated heterocycles. The van der Waals surface area contributed by atoms with Crippen molar-refractivity contribution in [3.8, 4) is 0 Å². The maximum atomic E-state index is 13.9.